The normalized spacial score (nSPS) is 13.9. The molecule has 0 saturated carbocycles. The van der Waals surface area contributed by atoms with Gasteiger partial charge < -0.3 is 47.7 Å². The van der Waals surface area contributed by atoms with Crippen molar-refractivity contribution in [2.45, 2.75) is 75.5 Å². The van der Waals surface area contributed by atoms with Gasteiger partial charge in [0.2, 0.25) is 17.7 Å². The molecule has 16 heteroatoms. The predicted molar refractivity (Wildman–Crippen MR) is 130 cm³/mol. The highest BCUT2D eigenvalue weighted by molar-refractivity contribution is 5.94. The van der Waals surface area contributed by atoms with Crippen LogP contribution in [0.15, 0.2) is 12.5 Å². The molecule has 0 bridgehead atoms. The third-order valence-corrected chi connectivity index (χ3v) is 5.46. The number of unbranched alkanes of at least 4 members (excludes halogenated alkanes) is 1. The summed E-state index contributed by atoms with van der Waals surface area (Å²) < 4.78 is 0. The third kappa shape index (κ3) is 12.3. The van der Waals surface area contributed by atoms with Crippen molar-refractivity contribution >= 4 is 35.6 Å². The van der Waals surface area contributed by atoms with E-state index in [1.54, 1.807) is 0 Å². The minimum atomic E-state index is -1.59. The average Bonchev–Trinajstić information content (AvgIpc) is 3.36. The van der Waals surface area contributed by atoms with Gasteiger partial charge in [-0.3, -0.25) is 24.0 Å². The van der Waals surface area contributed by atoms with Crippen LogP contribution in [-0.4, -0.2) is 91.6 Å². The van der Waals surface area contributed by atoms with Gasteiger partial charge in [-0.05, 0) is 32.2 Å². The first-order valence-electron chi connectivity index (χ1n) is 11.9. The zero-order chi connectivity index (χ0) is 28.7. The molecular weight excluding hydrogens is 506 g/mol. The number of carboxylic acids is 3. The number of H-pyrrole nitrogens is 1. The van der Waals surface area contributed by atoms with Gasteiger partial charge in [0.25, 0.3) is 0 Å². The Morgan fingerprint density at radius 2 is 1.37 bits per heavy atom. The summed E-state index contributed by atoms with van der Waals surface area (Å²) in [5.41, 5.74) is 11.8. The van der Waals surface area contributed by atoms with E-state index in [9.17, 15) is 33.9 Å². The van der Waals surface area contributed by atoms with Crippen LogP contribution < -0.4 is 27.4 Å². The number of carbonyl (C=O) groups is 6. The van der Waals surface area contributed by atoms with Gasteiger partial charge in [-0.1, -0.05) is 6.42 Å². The van der Waals surface area contributed by atoms with E-state index in [1.165, 1.54) is 12.5 Å². The van der Waals surface area contributed by atoms with Gasteiger partial charge in [-0.25, -0.2) is 9.78 Å². The summed E-state index contributed by atoms with van der Waals surface area (Å²) >= 11 is 0. The Kier molecular flexibility index (Phi) is 14.0. The molecule has 11 N–H and O–H groups in total. The summed E-state index contributed by atoms with van der Waals surface area (Å²) in [5.74, 6) is -6.57. The average molecular weight is 542 g/mol. The zero-order valence-electron chi connectivity index (χ0n) is 20.7. The summed E-state index contributed by atoms with van der Waals surface area (Å²) in [7, 11) is 0. The first-order valence-corrected chi connectivity index (χ1v) is 11.9. The molecule has 0 spiro atoms. The Labute approximate surface area is 217 Å². The van der Waals surface area contributed by atoms with Crippen LogP contribution in [0.4, 0.5) is 0 Å². The van der Waals surface area contributed by atoms with Crippen molar-refractivity contribution in [1.29, 1.82) is 0 Å². The molecule has 0 aliphatic heterocycles. The maximum atomic E-state index is 13.1. The number of nitrogens with two attached hydrogens (primary N) is 2. The second-order valence-electron chi connectivity index (χ2n) is 8.56. The number of carbonyl (C=O) groups excluding carboxylic acids is 3. The number of nitrogens with one attached hydrogen (secondary N) is 4. The first kappa shape index (κ1) is 32.0. The van der Waals surface area contributed by atoms with E-state index in [1.807, 2.05) is 0 Å². The van der Waals surface area contributed by atoms with Crippen LogP contribution in [0, 0.1) is 0 Å². The van der Waals surface area contributed by atoms with Crippen LogP contribution in [0.5, 0.6) is 0 Å². The molecule has 0 aliphatic carbocycles. The lowest BCUT2D eigenvalue weighted by Crippen LogP contribution is -2.57. The smallest absolute Gasteiger partial charge is 0.326 e. The van der Waals surface area contributed by atoms with Crippen molar-refractivity contribution < 1.29 is 44.1 Å². The molecule has 4 unspecified atom stereocenters. The van der Waals surface area contributed by atoms with Gasteiger partial charge in [-0.15, -0.1) is 0 Å². The second-order valence-corrected chi connectivity index (χ2v) is 8.56. The van der Waals surface area contributed by atoms with E-state index in [-0.39, 0.29) is 6.42 Å². The first-order chi connectivity index (χ1) is 17.9. The Morgan fingerprint density at radius 3 is 1.89 bits per heavy atom. The molecule has 16 nitrogen and oxygen atoms in total. The summed E-state index contributed by atoms with van der Waals surface area (Å²) in [6.07, 6.45) is 2.34. The number of carboxylic acid groups (broad SMARTS) is 3. The standard InChI is InChI=1S/C22H35N7O9/c23-8-2-1-3-13(24)19(34)29-16(9-12-10-25-11-26-12)21(36)27-14(4-6-17(30)31)20(35)28-15(22(37)38)5-7-18(32)33/h10-11,13-16H,1-9,23-24H2,(H,25,26)(H,27,36)(H,28,35)(H,29,34)(H,30,31)(H,32,33)(H,37,38). The highest BCUT2D eigenvalue weighted by Gasteiger charge is 2.31. The van der Waals surface area contributed by atoms with E-state index in [0.29, 0.717) is 31.5 Å². The number of hydrogen-bond donors (Lipinski definition) is 9. The maximum Gasteiger partial charge on any atom is 0.326 e. The van der Waals surface area contributed by atoms with Crippen molar-refractivity contribution in [3.05, 3.63) is 18.2 Å². The van der Waals surface area contributed by atoms with Crippen LogP contribution in [0.25, 0.3) is 0 Å². The summed E-state index contributed by atoms with van der Waals surface area (Å²) in [6.45, 7) is 0.429. The minimum absolute atomic E-state index is 0.0727. The number of aromatic nitrogens is 2. The molecule has 0 fully saturated rings. The van der Waals surface area contributed by atoms with Gasteiger partial charge in [0.15, 0.2) is 0 Å². The lowest BCUT2D eigenvalue weighted by atomic mass is 10.1. The fourth-order valence-electron chi connectivity index (χ4n) is 3.35. The predicted octanol–water partition coefficient (Wildman–Crippen LogP) is -2.32. The van der Waals surface area contributed by atoms with E-state index in [4.69, 9.17) is 21.7 Å². The summed E-state index contributed by atoms with van der Waals surface area (Å²) in [6, 6.07) is -5.26. The number of nitrogens with zero attached hydrogens (tertiary/aromatic N) is 1. The fraction of sp³-hybridized carbons (Fsp3) is 0.591. The van der Waals surface area contributed by atoms with Crippen LogP contribution in [0.3, 0.4) is 0 Å². The monoisotopic (exact) mass is 541 g/mol. The lowest BCUT2D eigenvalue weighted by Gasteiger charge is -2.25. The quantitative estimate of drug-likeness (QED) is 0.0834. The number of aliphatic carboxylic acids is 3. The van der Waals surface area contributed by atoms with E-state index in [0.717, 1.165) is 0 Å². The lowest BCUT2D eigenvalue weighted by molar-refractivity contribution is -0.144. The molecule has 0 radical (unpaired) electrons. The molecule has 3 amide bonds. The molecule has 1 aromatic heterocycles. The molecule has 0 aliphatic rings. The van der Waals surface area contributed by atoms with Crippen LogP contribution in [0.1, 0.15) is 50.6 Å². The number of imidazole rings is 1. The van der Waals surface area contributed by atoms with Crippen molar-refractivity contribution in [1.82, 2.24) is 25.9 Å². The minimum Gasteiger partial charge on any atom is -0.481 e. The number of hydrogen-bond acceptors (Lipinski definition) is 9. The largest absolute Gasteiger partial charge is 0.481 e. The number of aromatic amines is 1. The van der Waals surface area contributed by atoms with Crippen LogP contribution in [0.2, 0.25) is 0 Å². The van der Waals surface area contributed by atoms with Gasteiger partial charge in [0, 0.05) is 31.2 Å². The Balaban J connectivity index is 3.04. The van der Waals surface area contributed by atoms with Gasteiger partial charge >= 0.3 is 17.9 Å². The Morgan fingerprint density at radius 1 is 0.816 bits per heavy atom. The fourth-order valence-corrected chi connectivity index (χ4v) is 3.35. The number of rotatable bonds is 19. The molecule has 38 heavy (non-hydrogen) atoms. The Hall–Kier alpha value is -4.05. The van der Waals surface area contributed by atoms with E-state index in [2.05, 4.69) is 25.9 Å². The molecule has 1 rings (SSSR count). The van der Waals surface area contributed by atoms with Gasteiger partial charge in [0.05, 0.1) is 12.4 Å². The summed E-state index contributed by atoms with van der Waals surface area (Å²) in [5, 5.41) is 34.2. The molecule has 0 aromatic carbocycles. The van der Waals surface area contributed by atoms with E-state index >= 15 is 0 Å². The Bertz CT molecular complexity index is 955. The van der Waals surface area contributed by atoms with Crippen LogP contribution >= 0.6 is 0 Å². The molecule has 1 aromatic rings. The molecule has 4 atom stereocenters. The van der Waals surface area contributed by atoms with Gasteiger partial charge in [-0.2, -0.15) is 0 Å². The highest BCUT2D eigenvalue weighted by Crippen LogP contribution is 2.06. The topological polar surface area (TPSA) is 280 Å². The van der Waals surface area contributed by atoms with E-state index < -0.39 is 85.5 Å². The number of amides is 3. The zero-order valence-corrected chi connectivity index (χ0v) is 20.7. The van der Waals surface area contributed by atoms with Gasteiger partial charge in [0.1, 0.15) is 18.1 Å². The van der Waals surface area contributed by atoms with Crippen LogP contribution in [-0.2, 0) is 35.2 Å². The van der Waals surface area contributed by atoms with Crippen molar-refractivity contribution in [3.8, 4) is 0 Å². The SMILES string of the molecule is NCCCCC(N)C(=O)NC(Cc1cnc[nH]1)C(=O)NC(CCC(=O)O)C(=O)NC(CCC(=O)O)C(=O)O. The molecule has 212 valence electrons. The second kappa shape index (κ2) is 16.6. The van der Waals surface area contributed by atoms with Crippen molar-refractivity contribution in [3.63, 3.8) is 0 Å². The third-order valence-electron chi connectivity index (χ3n) is 5.46. The summed E-state index contributed by atoms with van der Waals surface area (Å²) in [4.78, 5) is 78.6. The highest BCUT2D eigenvalue weighted by atomic mass is 16.4. The van der Waals surface area contributed by atoms with Crippen molar-refractivity contribution in [2.24, 2.45) is 11.5 Å². The molecular formula is C22H35N7O9. The maximum absolute atomic E-state index is 13.1. The molecule has 1 heterocycles. The molecule has 0 saturated heterocycles. The van der Waals surface area contributed by atoms with Crippen molar-refractivity contribution in [2.75, 3.05) is 6.54 Å².